The van der Waals surface area contributed by atoms with E-state index in [9.17, 15) is 14.7 Å². The Bertz CT molecular complexity index is 962. The molecule has 1 N–H and O–H groups in total. The van der Waals surface area contributed by atoms with Gasteiger partial charge in [-0.3, -0.25) is 14.5 Å². The first-order chi connectivity index (χ1) is 14.4. The smallest absolute Gasteiger partial charge is 0.294 e. The second kappa shape index (κ2) is 9.03. The fourth-order valence-corrected chi connectivity index (χ4v) is 3.55. The van der Waals surface area contributed by atoms with Crippen molar-refractivity contribution in [3.63, 3.8) is 0 Å². The van der Waals surface area contributed by atoms with Crippen LogP contribution in [0.4, 0.5) is 5.69 Å². The summed E-state index contributed by atoms with van der Waals surface area (Å²) in [5.41, 5.74) is 1.37. The normalized spacial score (nSPS) is 16.4. The molecule has 1 aliphatic heterocycles. The molecule has 1 unspecified atom stereocenters. The molecule has 0 bridgehead atoms. The third-order valence-corrected chi connectivity index (χ3v) is 4.80. The molecular formula is C24H27NO5. The van der Waals surface area contributed by atoms with Crippen molar-refractivity contribution in [3.8, 4) is 11.5 Å². The van der Waals surface area contributed by atoms with Crippen molar-refractivity contribution in [1.29, 1.82) is 0 Å². The number of hydrogen-bond donors (Lipinski definition) is 1. The molecule has 0 saturated heterocycles. The molecular weight excluding hydrogens is 382 g/mol. The Morgan fingerprint density at radius 3 is 2.40 bits per heavy atom. The molecule has 0 radical (unpaired) electrons. The average Bonchev–Trinajstić information content (AvgIpc) is 2.99. The monoisotopic (exact) mass is 409 g/mol. The van der Waals surface area contributed by atoms with Crippen LogP contribution in [0, 0.1) is 0 Å². The molecule has 0 fully saturated rings. The van der Waals surface area contributed by atoms with E-state index in [0.29, 0.717) is 29.4 Å². The van der Waals surface area contributed by atoms with Crippen LogP contribution in [0.5, 0.6) is 11.5 Å². The summed E-state index contributed by atoms with van der Waals surface area (Å²) in [6.45, 7) is 7.96. The van der Waals surface area contributed by atoms with Gasteiger partial charge < -0.3 is 14.6 Å². The van der Waals surface area contributed by atoms with Crippen LogP contribution >= 0.6 is 0 Å². The van der Waals surface area contributed by atoms with Gasteiger partial charge in [0.1, 0.15) is 11.5 Å². The van der Waals surface area contributed by atoms with E-state index in [-0.39, 0.29) is 23.9 Å². The second-order valence-electron chi connectivity index (χ2n) is 7.28. The van der Waals surface area contributed by atoms with E-state index in [2.05, 4.69) is 0 Å². The molecule has 1 atom stereocenters. The molecule has 1 aliphatic rings. The van der Waals surface area contributed by atoms with E-state index in [4.69, 9.17) is 9.47 Å². The highest BCUT2D eigenvalue weighted by Gasteiger charge is 2.43. The van der Waals surface area contributed by atoms with Crippen LogP contribution < -0.4 is 14.4 Å². The van der Waals surface area contributed by atoms with Crippen molar-refractivity contribution < 1.29 is 24.2 Å². The van der Waals surface area contributed by atoms with Gasteiger partial charge in [0.05, 0.1) is 24.3 Å². The molecule has 2 aromatic carbocycles. The first-order valence-electron chi connectivity index (χ1n) is 10.2. The lowest BCUT2D eigenvalue weighted by molar-refractivity contribution is -0.118. The SMILES string of the molecule is CCOc1cccc(N2C(=O)C(O)=C(C(=O)CC)C2c2ccc(OC(C)C)cc2)c1. The van der Waals surface area contributed by atoms with Crippen molar-refractivity contribution >= 4 is 17.4 Å². The maximum atomic E-state index is 13.0. The van der Waals surface area contributed by atoms with Crippen LogP contribution in [0.25, 0.3) is 0 Å². The first kappa shape index (κ1) is 21.4. The fourth-order valence-electron chi connectivity index (χ4n) is 3.55. The number of hydrogen-bond acceptors (Lipinski definition) is 5. The lowest BCUT2D eigenvalue weighted by atomic mass is 9.94. The van der Waals surface area contributed by atoms with E-state index >= 15 is 0 Å². The van der Waals surface area contributed by atoms with Crippen LogP contribution in [0.2, 0.25) is 0 Å². The molecule has 6 nitrogen and oxygen atoms in total. The van der Waals surface area contributed by atoms with Crippen LogP contribution in [0.15, 0.2) is 59.9 Å². The first-order valence-corrected chi connectivity index (χ1v) is 10.2. The van der Waals surface area contributed by atoms with E-state index in [1.807, 2.05) is 32.9 Å². The number of ketones is 1. The Hall–Kier alpha value is -3.28. The molecule has 1 amide bonds. The summed E-state index contributed by atoms with van der Waals surface area (Å²) >= 11 is 0. The number of rotatable bonds is 8. The Morgan fingerprint density at radius 2 is 1.80 bits per heavy atom. The average molecular weight is 409 g/mol. The quantitative estimate of drug-likeness (QED) is 0.681. The van der Waals surface area contributed by atoms with Gasteiger partial charge in [0.15, 0.2) is 11.5 Å². The highest BCUT2D eigenvalue weighted by Crippen LogP contribution is 2.42. The van der Waals surface area contributed by atoms with Crippen LogP contribution in [-0.2, 0) is 9.59 Å². The molecule has 0 aliphatic carbocycles. The Balaban J connectivity index is 2.08. The molecule has 0 aromatic heterocycles. The van der Waals surface area contributed by atoms with Crippen LogP contribution in [-0.4, -0.2) is 29.5 Å². The van der Waals surface area contributed by atoms with E-state index in [1.54, 1.807) is 43.3 Å². The number of aliphatic hydroxyl groups is 1. The molecule has 30 heavy (non-hydrogen) atoms. The van der Waals surface area contributed by atoms with Gasteiger partial charge >= 0.3 is 0 Å². The summed E-state index contributed by atoms with van der Waals surface area (Å²) in [6.07, 6.45) is 0.216. The van der Waals surface area contributed by atoms with Crippen LogP contribution in [0.1, 0.15) is 45.7 Å². The predicted molar refractivity (Wildman–Crippen MR) is 115 cm³/mol. The van der Waals surface area contributed by atoms with Gasteiger partial charge in [-0.05, 0) is 50.6 Å². The van der Waals surface area contributed by atoms with Gasteiger partial charge in [0.25, 0.3) is 5.91 Å². The maximum Gasteiger partial charge on any atom is 0.294 e. The highest BCUT2D eigenvalue weighted by atomic mass is 16.5. The molecule has 0 saturated carbocycles. The molecule has 3 rings (SSSR count). The van der Waals surface area contributed by atoms with Crippen molar-refractivity contribution in [2.75, 3.05) is 11.5 Å². The minimum Gasteiger partial charge on any atom is -0.503 e. The molecule has 2 aromatic rings. The summed E-state index contributed by atoms with van der Waals surface area (Å²) in [4.78, 5) is 27.1. The third kappa shape index (κ3) is 4.17. The topological polar surface area (TPSA) is 76.1 Å². The zero-order chi connectivity index (χ0) is 21.8. The number of aliphatic hydroxyl groups excluding tert-OH is 1. The number of benzene rings is 2. The highest BCUT2D eigenvalue weighted by molar-refractivity contribution is 6.16. The number of Topliss-reactive ketones (excluding diaryl/α,β-unsaturated/α-hetero) is 1. The maximum absolute atomic E-state index is 13.0. The summed E-state index contributed by atoms with van der Waals surface area (Å²) in [6, 6.07) is 13.6. The summed E-state index contributed by atoms with van der Waals surface area (Å²) in [7, 11) is 0. The number of carbonyl (C=O) groups is 2. The van der Waals surface area contributed by atoms with Gasteiger partial charge in [-0.1, -0.05) is 25.1 Å². The summed E-state index contributed by atoms with van der Waals surface area (Å²) in [5, 5.41) is 10.6. The molecule has 158 valence electrons. The summed E-state index contributed by atoms with van der Waals surface area (Å²) < 4.78 is 11.3. The van der Waals surface area contributed by atoms with Gasteiger partial charge in [0.2, 0.25) is 0 Å². The lowest BCUT2D eigenvalue weighted by Crippen LogP contribution is -2.31. The standard InChI is InChI=1S/C24H27NO5/c1-5-20(26)21-22(16-10-12-18(13-11-16)30-15(3)4)25(24(28)23(21)27)17-8-7-9-19(14-17)29-6-2/h7-15,22,27H,5-6H2,1-4H3. The second-order valence-corrected chi connectivity index (χ2v) is 7.28. The Labute approximate surface area is 176 Å². The van der Waals surface area contributed by atoms with Crippen molar-refractivity contribution in [2.45, 2.75) is 46.3 Å². The van der Waals surface area contributed by atoms with Crippen molar-refractivity contribution in [1.82, 2.24) is 0 Å². The predicted octanol–water partition coefficient (Wildman–Crippen LogP) is 4.75. The molecule has 1 heterocycles. The fraction of sp³-hybridized carbons (Fsp3) is 0.333. The Kier molecular flexibility index (Phi) is 6.45. The zero-order valence-corrected chi connectivity index (χ0v) is 17.7. The van der Waals surface area contributed by atoms with Gasteiger partial charge in [-0.2, -0.15) is 0 Å². The summed E-state index contributed by atoms with van der Waals surface area (Å²) in [5.74, 6) is -0.0718. The third-order valence-electron chi connectivity index (χ3n) is 4.80. The van der Waals surface area contributed by atoms with Crippen molar-refractivity contribution in [2.24, 2.45) is 0 Å². The number of nitrogens with zero attached hydrogens (tertiary/aromatic N) is 1. The minimum atomic E-state index is -0.727. The van der Waals surface area contributed by atoms with Gasteiger partial charge in [-0.25, -0.2) is 0 Å². The number of ether oxygens (including phenoxy) is 2. The number of carbonyl (C=O) groups excluding carboxylic acids is 2. The number of anilines is 1. The minimum absolute atomic E-state index is 0.0304. The van der Waals surface area contributed by atoms with Crippen molar-refractivity contribution in [3.05, 3.63) is 65.4 Å². The molecule has 0 spiro atoms. The van der Waals surface area contributed by atoms with Gasteiger partial charge in [-0.15, -0.1) is 0 Å². The Morgan fingerprint density at radius 1 is 1.10 bits per heavy atom. The van der Waals surface area contributed by atoms with E-state index < -0.39 is 17.7 Å². The molecule has 6 heteroatoms. The zero-order valence-electron chi connectivity index (χ0n) is 17.7. The van der Waals surface area contributed by atoms with Crippen LogP contribution in [0.3, 0.4) is 0 Å². The van der Waals surface area contributed by atoms with Gasteiger partial charge in [0, 0.05) is 18.2 Å². The lowest BCUT2D eigenvalue weighted by Gasteiger charge is -2.27. The van der Waals surface area contributed by atoms with E-state index in [1.165, 1.54) is 4.90 Å². The van der Waals surface area contributed by atoms with E-state index in [0.717, 1.165) is 0 Å². The largest absolute Gasteiger partial charge is 0.503 e. The number of amides is 1.